The minimum Gasteiger partial charge on any atom is -0.492 e. The second kappa shape index (κ2) is 15.9. The van der Waals surface area contributed by atoms with Crippen molar-refractivity contribution in [3.63, 3.8) is 0 Å². The van der Waals surface area contributed by atoms with Crippen molar-refractivity contribution in [2.24, 2.45) is 0 Å². The fraction of sp³-hybridized carbons (Fsp3) is 0.297. The van der Waals surface area contributed by atoms with E-state index in [0.717, 1.165) is 15.4 Å². The number of hydrogen-bond donors (Lipinski definition) is 1. The van der Waals surface area contributed by atoms with E-state index in [-0.39, 0.29) is 41.1 Å². The molecule has 4 aromatic rings. The fourth-order valence-corrected chi connectivity index (χ4v) is 6.88. The van der Waals surface area contributed by atoms with E-state index in [1.807, 2.05) is 58.0 Å². The van der Waals surface area contributed by atoms with Gasteiger partial charge < -0.3 is 15.0 Å². The fourth-order valence-electron chi connectivity index (χ4n) is 5.13. The van der Waals surface area contributed by atoms with Crippen LogP contribution in [-0.2, 0) is 32.6 Å². The third-order valence-electron chi connectivity index (χ3n) is 7.43. The van der Waals surface area contributed by atoms with Gasteiger partial charge in [0.25, 0.3) is 10.0 Å². The quantitative estimate of drug-likeness (QED) is 0.156. The monoisotopic (exact) mass is 709 g/mol. The number of hydrogen-bond acceptors (Lipinski definition) is 5. The van der Waals surface area contributed by atoms with Gasteiger partial charge in [0, 0.05) is 18.5 Å². The zero-order valence-corrected chi connectivity index (χ0v) is 30.1. The summed E-state index contributed by atoms with van der Waals surface area (Å²) >= 11 is 12.6. The van der Waals surface area contributed by atoms with Gasteiger partial charge in [-0.2, -0.15) is 0 Å². The van der Waals surface area contributed by atoms with Gasteiger partial charge in [0.1, 0.15) is 18.3 Å². The molecule has 4 aromatic carbocycles. The van der Waals surface area contributed by atoms with Gasteiger partial charge in [-0.25, -0.2) is 8.42 Å². The molecule has 1 atom stereocenters. The molecule has 1 unspecified atom stereocenters. The number of para-hydroxylation sites is 2. The highest BCUT2D eigenvalue weighted by molar-refractivity contribution is 7.92. The number of carbonyl (C=O) groups excluding carboxylic acids is 2. The largest absolute Gasteiger partial charge is 0.492 e. The molecule has 48 heavy (non-hydrogen) atoms. The van der Waals surface area contributed by atoms with Gasteiger partial charge in [-0.05, 0) is 82.1 Å². The van der Waals surface area contributed by atoms with Crippen LogP contribution in [0.15, 0.2) is 102 Å². The Balaban J connectivity index is 1.87. The summed E-state index contributed by atoms with van der Waals surface area (Å²) in [7, 11) is -4.29. The first-order chi connectivity index (χ1) is 22.7. The van der Waals surface area contributed by atoms with Gasteiger partial charge in [-0.15, -0.1) is 0 Å². The van der Waals surface area contributed by atoms with Crippen molar-refractivity contribution in [2.75, 3.05) is 17.5 Å². The highest BCUT2D eigenvalue weighted by Crippen LogP contribution is 2.33. The van der Waals surface area contributed by atoms with E-state index >= 15 is 0 Å². The summed E-state index contributed by atoms with van der Waals surface area (Å²) in [5.74, 6) is -0.693. The molecule has 0 spiro atoms. The van der Waals surface area contributed by atoms with E-state index in [2.05, 4.69) is 5.32 Å². The van der Waals surface area contributed by atoms with E-state index in [4.69, 9.17) is 27.9 Å². The van der Waals surface area contributed by atoms with Crippen LogP contribution in [0, 0.1) is 6.92 Å². The molecule has 0 fully saturated rings. The summed E-state index contributed by atoms with van der Waals surface area (Å²) < 4.78 is 35.6. The Morgan fingerprint density at radius 1 is 0.854 bits per heavy atom. The summed E-state index contributed by atoms with van der Waals surface area (Å²) in [6, 6.07) is 26.4. The molecule has 0 aliphatic heterocycles. The zero-order valence-electron chi connectivity index (χ0n) is 27.7. The van der Waals surface area contributed by atoms with Crippen molar-refractivity contribution in [3.8, 4) is 5.75 Å². The SMILES string of the molecule is CCOc1ccccc1N(CC(=O)N(Cc1ccc(Cl)c(Cl)c1)C(Cc1ccccc1)C(=O)NC(C)(C)C)S(=O)(=O)c1ccc(C)cc1. The number of ether oxygens (including phenoxy) is 1. The molecule has 2 amide bonds. The molecule has 11 heteroatoms. The maximum Gasteiger partial charge on any atom is 0.264 e. The van der Waals surface area contributed by atoms with Crippen LogP contribution in [0.5, 0.6) is 5.75 Å². The van der Waals surface area contributed by atoms with Gasteiger partial charge in [0.05, 0.1) is 27.2 Å². The second-order valence-electron chi connectivity index (χ2n) is 12.4. The lowest BCUT2D eigenvalue weighted by molar-refractivity contribution is -0.140. The van der Waals surface area contributed by atoms with Crippen molar-refractivity contribution < 1.29 is 22.7 Å². The summed E-state index contributed by atoms with van der Waals surface area (Å²) in [4.78, 5) is 30.2. The molecule has 0 aliphatic carbocycles. The highest BCUT2D eigenvalue weighted by Gasteiger charge is 2.36. The van der Waals surface area contributed by atoms with Crippen molar-refractivity contribution in [3.05, 3.63) is 124 Å². The van der Waals surface area contributed by atoms with Gasteiger partial charge in [-0.3, -0.25) is 13.9 Å². The molecule has 0 bridgehead atoms. The molecule has 0 aliphatic rings. The number of rotatable bonds is 13. The standard InChI is InChI=1S/C37H41Cl2N3O5S/c1-6-47-34-15-11-10-14-32(34)42(48(45,46)29-19-16-26(2)17-20-29)25-35(43)41(24-28-18-21-30(38)31(39)22-28)33(36(44)40-37(3,4)5)23-27-12-8-7-9-13-27/h7-22,33H,6,23-25H2,1-5H3,(H,40,44). The molecule has 0 aromatic heterocycles. The normalized spacial score (nSPS) is 12.2. The number of nitrogens with one attached hydrogen (secondary N) is 1. The van der Waals surface area contributed by atoms with Gasteiger partial charge in [0.15, 0.2) is 0 Å². The minimum atomic E-state index is -4.29. The Labute approximate surface area is 293 Å². The number of halogens is 2. The Bertz CT molecular complexity index is 1830. The number of amides is 2. The molecule has 0 heterocycles. The van der Waals surface area contributed by atoms with Crippen molar-refractivity contribution >= 4 is 50.7 Å². The Morgan fingerprint density at radius 3 is 2.12 bits per heavy atom. The Hall–Kier alpha value is -4.05. The number of carbonyl (C=O) groups is 2. The summed E-state index contributed by atoms with van der Waals surface area (Å²) in [6.45, 7) is 8.84. The zero-order chi connectivity index (χ0) is 35.1. The first-order valence-electron chi connectivity index (χ1n) is 15.6. The van der Waals surface area contributed by atoms with Crippen LogP contribution >= 0.6 is 23.2 Å². The maximum atomic E-state index is 14.7. The van der Waals surface area contributed by atoms with Crippen LogP contribution in [0.25, 0.3) is 0 Å². The number of aryl methyl sites for hydroxylation is 1. The molecule has 4 rings (SSSR count). The topological polar surface area (TPSA) is 96.0 Å². The van der Waals surface area contributed by atoms with E-state index in [1.54, 1.807) is 61.5 Å². The van der Waals surface area contributed by atoms with Gasteiger partial charge >= 0.3 is 0 Å². The molecule has 254 valence electrons. The van der Waals surface area contributed by atoms with E-state index in [9.17, 15) is 18.0 Å². The van der Waals surface area contributed by atoms with Crippen LogP contribution in [0.2, 0.25) is 10.0 Å². The lowest BCUT2D eigenvalue weighted by Gasteiger charge is -2.35. The highest BCUT2D eigenvalue weighted by atomic mass is 35.5. The molecular weight excluding hydrogens is 669 g/mol. The first-order valence-corrected chi connectivity index (χ1v) is 17.8. The summed E-state index contributed by atoms with van der Waals surface area (Å²) in [5, 5.41) is 3.65. The summed E-state index contributed by atoms with van der Waals surface area (Å²) in [5.41, 5.74) is 1.90. The van der Waals surface area contributed by atoms with Crippen molar-refractivity contribution in [2.45, 2.75) is 64.1 Å². The number of anilines is 1. The lowest BCUT2D eigenvalue weighted by atomic mass is 10.0. The molecule has 8 nitrogen and oxygen atoms in total. The average Bonchev–Trinajstić information content (AvgIpc) is 3.03. The molecule has 0 saturated heterocycles. The van der Waals surface area contributed by atoms with Gasteiger partial charge in [-0.1, -0.05) is 89.4 Å². The Kier molecular flexibility index (Phi) is 12.2. The first kappa shape index (κ1) is 36.8. The predicted molar refractivity (Wildman–Crippen MR) is 192 cm³/mol. The Morgan fingerprint density at radius 2 is 1.50 bits per heavy atom. The predicted octanol–water partition coefficient (Wildman–Crippen LogP) is 7.45. The van der Waals surface area contributed by atoms with Crippen LogP contribution in [-0.4, -0.2) is 49.9 Å². The van der Waals surface area contributed by atoms with E-state index in [1.165, 1.54) is 17.0 Å². The molecule has 1 N–H and O–H groups in total. The van der Waals surface area contributed by atoms with Gasteiger partial charge in [0.2, 0.25) is 11.8 Å². The maximum absolute atomic E-state index is 14.7. The van der Waals surface area contributed by atoms with Crippen LogP contribution < -0.4 is 14.4 Å². The van der Waals surface area contributed by atoms with E-state index < -0.39 is 34.1 Å². The van der Waals surface area contributed by atoms with Crippen LogP contribution in [0.3, 0.4) is 0 Å². The molecular formula is C37H41Cl2N3O5S. The molecule has 0 saturated carbocycles. The van der Waals surface area contributed by atoms with Crippen LogP contribution in [0.1, 0.15) is 44.4 Å². The third kappa shape index (κ3) is 9.52. The minimum absolute atomic E-state index is 0.00884. The van der Waals surface area contributed by atoms with E-state index in [0.29, 0.717) is 16.3 Å². The smallest absolute Gasteiger partial charge is 0.264 e. The number of benzene rings is 4. The average molecular weight is 711 g/mol. The second-order valence-corrected chi connectivity index (χ2v) is 15.1. The summed E-state index contributed by atoms with van der Waals surface area (Å²) in [6.07, 6.45) is 0.177. The lowest BCUT2D eigenvalue weighted by Crippen LogP contribution is -2.56. The molecule has 0 radical (unpaired) electrons. The number of sulfonamides is 1. The van der Waals surface area contributed by atoms with Crippen molar-refractivity contribution in [1.29, 1.82) is 0 Å². The van der Waals surface area contributed by atoms with Crippen LogP contribution in [0.4, 0.5) is 5.69 Å². The third-order valence-corrected chi connectivity index (χ3v) is 9.94. The van der Waals surface area contributed by atoms with Crippen molar-refractivity contribution in [1.82, 2.24) is 10.2 Å². The number of nitrogens with zero attached hydrogens (tertiary/aromatic N) is 2.